The summed E-state index contributed by atoms with van der Waals surface area (Å²) in [7, 11) is 0. The summed E-state index contributed by atoms with van der Waals surface area (Å²) in [5.41, 5.74) is 0. The van der Waals surface area contributed by atoms with Crippen molar-refractivity contribution in [3.05, 3.63) is 17.5 Å². The van der Waals surface area contributed by atoms with Crippen molar-refractivity contribution < 1.29 is 9.53 Å². The van der Waals surface area contributed by atoms with Crippen LogP contribution in [0.25, 0.3) is 0 Å². The molecule has 0 unspecified atom stereocenters. The van der Waals surface area contributed by atoms with Gasteiger partial charge in [0, 0.05) is 0 Å². The fourth-order valence-electron chi connectivity index (χ4n) is 2.07. The number of unbranched alkanes of at least 4 members (excludes halogenated alkanes) is 3. The van der Waals surface area contributed by atoms with Crippen molar-refractivity contribution >= 4 is 22.4 Å². The van der Waals surface area contributed by atoms with Crippen molar-refractivity contribution in [2.24, 2.45) is 0 Å². The van der Waals surface area contributed by atoms with Crippen LogP contribution < -0.4 is 4.90 Å². The summed E-state index contributed by atoms with van der Waals surface area (Å²) in [5, 5.41) is 2.98. The molecule has 1 aromatic heterocycles. The van der Waals surface area contributed by atoms with Crippen LogP contribution >= 0.6 is 11.3 Å². The third-order valence-electron chi connectivity index (χ3n) is 3.03. The molecule has 0 aromatic carbocycles. The number of cyclic esters (lactones) is 1. The molecule has 0 N–H and O–H groups in total. The Morgan fingerprint density at radius 1 is 1.47 bits per heavy atom. The standard InChI is InChI=1S/C13H19NO2S/c1-2-3-4-5-7-11-10-14(13(15)16-11)12-8-6-9-17-12/h6,8-9,11H,2-5,7,10H2,1H3/t11-/m1/s1. The van der Waals surface area contributed by atoms with E-state index in [9.17, 15) is 4.79 Å². The molecule has 1 saturated heterocycles. The van der Waals surface area contributed by atoms with E-state index in [1.165, 1.54) is 19.3 Å². The maximum Gasteiger partial charge on any atom is 0.415 e. The van der Waals surface area contributed by atoms with Gasteiger partial charge in [0.1, 0.15) is 11.1 Å². The minimum absolute atomic E-state index is 0.0847. The maximum atomic E-state index is 11.7. The molecule has 1 aliphatic heterocycles. The van der Waals surface area contributed by atoms with E-state index in [4.69, 9.17) is 4.74 Å². The Balaban J connectivity index is 1.79. The predicted octanol–water partition coefficient (Wildman–Crippen LogP) is 4.04. The number of nitrogens with zero attached hydrogens (tertiary/aromatic N) is 1. The summed E-state index contributed by atoms with van der Waals surface area (Å²) < 4.78 is 5.37. The molecule has 1 atom stereocenters. The molecule has 1 aliphatic rings. The first-order valence-electron chi connectivity index (χ1n) is 6.33. The SMILES string of the molecule is CCCCCC[C@@H]1CN(c2cccs2)C(=O)O1. The molecular formula is C13H19NO2S. The summed E-state index contributed by atoms with van der Waals surface area (Å²) in [6, 6.07) is 3.92. The van der Waals surface area contributed by atoms with E-state index in [0.29, 0.717) is 6.54 Å². The Labute approximate surface area is 106 Å². The van der Waals surface area contributed by atoms with Gasteiger partial charge >= 0.3 is 6.09 Å². The lowest BCUT2D eigenvalue weighted by atomic mass is 10.1. The monoisotopic (exact) mass is 253 g/mol. The highest BCUT2D eigenvalue weighted by Gasteiger charge is 2.32. The van der Waals surface area contributed by atoms with Gasteiger partial charge in [-0.05, 0) is 30.4 Å². The van der Waals surface area contributed by atoms with Crippen molar-refractivity contribution in [2.45, 2.75) is 45.1 Å². The lowest BCUT2D eigenvalue weighted by Crippen LogP contribution is -2.23. The topological polar surface area (TPSA) is 29.5 Å². The summed E-state index contributed by atoms with van der Waals surface area (Å²) in [6.07, 6.45) is 5.80. The predicted molar refractivity (Wildman–Crippen MR) is 70.7 cm³/mol. The Bertz CT molecular complexity index is 350. The molecule has 94 valence electrons. The molecule has 0 radical (unpaired) electrons. The Morgan fingerprint density at radius 2 is 2.35 bits per heavy atom. The summed E-state index contributed by atoms with van der Waals surface area (Å²) in [6.45, 7) is 2.92. The van der Waals surface area contributed by atoms with Gasteiger partial charge in [0.25, 0.3) is 0 Å². The van der Waals surface area contributed by atoms with Gasteiger partial charge in [-0.1, -0.05) is 26.2 Å². The van der Waals surface area contributed by atoms with Crippen molar-refractivity contribution in [3.8, 4) is 0 Å². The Kier molecular flexibility index (Phi) is 4.42. The van der Waals surface area contributed by atoms with Crippen LogP contribution in [0.4, 0.5) is 9.80 Å². The van der Waals surface area contributed by atoms with Crippen LogP contribution in [-0.4, -0.2) is 18.7 Å². The largest absolute Gasteiger partial charge is 0.444 e. The second kappa shape index (κ2) is 6.05. The van der Waals surface area contributed by atoms with Crippen LogP contribution in [0.1, 0.15) is 39.0 Å². The van der Waals surface area contributed by atoms with Crippen molar-refractivity contribution in [1.29, 1.82) is 0 Å². The van der Waals surface area contributed by atoms with Crippen LogP contribution in [0.3, 0.4) is 0 Å². The molecule has 4 heteroatoms. The zero-order chi connectivity index (χ0) is 12.1. The normalized spacial score (nSPS) is 19.7. The van der Waals surface area contributed by atoms with E-state index < -0.39 is 0 Å². The van der Waals surface area contributed by atoms with E-state index in [0.717, 1.165) is 17.8 Å². The van der Waals surface area contributed by atoms with E-state index in [1.54, 1.807) is 16.2 Å². The summed E-state index contributed by atoms with van der Waals surface area (Å²) in [4.78, 5) is 13.4. The average molecular weight is 253 g/mol. The number of ether oxygens (including phenoxy) is 1. The maximum absolute atomic E-state index is 11.7. The molecule has 1 aromatic rings. The number of amides is 1. The van der Waals surface area contributed by atoms with E-state index in [2.05, 4.69) is 6.92 Å². The van der Waals surface area contributed by atoms with E-state index >= 15 is 0 Å². The third kappa shape index (κ3) is 3.22. The highest BCUT2D eigenvalue weighted by molar-refractivity contribution is 7.14. The highest BCUT2D eigenvalue weighted by Crippen LogP contribution is 2.27. The molecule has 2 rings (SSSR count). The van der Waals surface area contributed by atoms with Gasteiger partial charge in [0.2, 0.25) is 0 Å². The number of rotatable bonds is 6. The minimum Gasteiger partial charge on any atom is -0.444 e. The van der Waals surface area contributed by atoms with Crippen LogP contribution in [0.2, 0.25) is 0 Å². The number of thiophene rings is 1. The molecule has 2 heterocycles. The first-order valence-corrected chi connectivity index (χ1v) is 7.21. The van der Waals surface area contributed by atoms with E-state index in [1.807, 2.05) is 17.5 Å². The van der Waals surface area contributed by atoms with Crippen molar-refractivity contribution in [2.75, 3.05) is 11.4 Å². The number of anilines is 1. The second-order valence-electron chi connectivity index (χ2n) is 4.42. The van der Waals surface area contributed by atoms with Crippen LogP contribution in [0, 0.1) is 0 Å². The molecule has 0 aliphatic carbocycles. The molecular weight excluding hydrogens is 234 g/mol. The smallest absolute Gasteiger partial charge is 0.415 e. The number of hydrogen-bond donors (Lipinski definition) is 0. The molecule has 3 nitrogen and oxygen atoms in total. The third-order valence-corrected chi connectivity index (χ3v) is 3.92. The van der Waals surface area contributed by atoms with Gasteiger partial charge in [-0.15, -0.1) is 11.3 Å². The average Bonchev–Trinajstić information content (AvgIpc) is 2.93. The fraction of sp³-hybridized carbons (Fsp3) is 0.615. The van der Waals surface area contributed by atoms with Crippen molar-refractivity contribution in [3.63, 3.8) is 0 Å². The molecule has 0 spiro atoms. The van der Waals surface area contributed by atoms with Crippen LogP contribution in [-0.2, 0) is 4.74 Å². The second-order valence-corrected chi connectivity index (χ2v) is 5.34. The first-order chi connectivity index (χ1) is 8.31. The molecule has 1 amide bonds. The van der Waals surface area contributed by atoms with Gasteiger partial charge in [0.05, 0.1) is 6.54 Å². The highest BCUT2D eigenvalue weighted by atomic mass is 32.1. The fourth-order valence-corrected chi connectivity index (χ4v) is 2.80. The van der Waals surface area contributed by atoms with Crippen LogP contribution in [0.5, 0.6) is 0 Å². The van der Waals surface area contributed by atoms with E-state index in [-0.39, 0.29) is 12.2 Å². The zero-order valence-electron chi connectivity index (χ0n) is 10.2. The van der Waals surface area contributed by atoms with Crippen LogP contribution in [0.15, 0.2) is 17.5 Å². The number of hydrogen-bond acceptors (Lipinski definition) is 3. The minimum atomic E-state index is -0.187. The number of carbonyl (C=O) groups excluding carboxylic acids is 1. The van der Waals surface area contributed by atoms with Crippen molar-refractivity contribution in [1.82, 2.24) is 0 Å². The molecule has 0 bridgehead atoms. The first kappa shape index (κ1) is 12.4. The lowest BCUT2D eigenvalue weighted by Gasteiger charge is -2.09. The molecule has 0 saturated carbocycles. The lowest BCUT2D eigenvalue weighted by molar-refractivity contribution is 0.135. The van der Waals surface area contributed by atoms with Gasteiger partial charge < -0.3 is 4.74 Å². The van der Waals surface area contributed by atoms with Gasteiger partial charge in [-0.25, -0.2) is 4.79 Å². The quantitative estimate of drug-likeness (QED) is 0.716. The van der Waals surface area contributed by atoms with Gasteiger partial charge in [-0.3, -0.25) is 4.90 Å². The zero-order valence-corrected chi connectivity index (χ0v) is 11.0. The number of carbonyl (C=O) groups is 1. The summed E-state index contributed by atoms with van der Waals surface area (Å²) >= 11 is 1.58. The Morgan fingerprint density at radius 3 is 3.06 bits per heavy atom. The Hall–Kier alpha value is -1.03. The molecule has 17 heavy (non-hydrogen) atoms. The molecule has 1 fully saturated rings. The van der Waals surface area contributed by atoms with Gasteiger partial charge in [-0.2, -0.15) is 0 Å². The van der Waals surface area contributed by atoms with Gasteiger partial charge in [0.15, 0.2) is 0 Å². The summed E-state index contributed by atoms with van der Waals surface area (Å²) in [5.74, 6) is 0.